The number of anilines is 2. The Balaban J connectivity index is 1.13. The van der Waals surface area contributed by atoms with Crippen LogP contribution in [0.4, 0.5) is 11.4 Å². The number of thiazole rings is 1. The van der Waals surface area contributed by atoms with E-state index in [0.29, 0.717) is 17.3 Å². The van der Waals surface area contributed by atoms with Crippen LogP contribution in [0.1, 0.15) is 22.5 Å². The van der Waals surface area contributed by atoms with Crippen molar-refractivity contribution in [2.45, 2.75) is 29.8 Å². The highest BCUT2D eigenvalue weighted by atomic mass is 32.2. The van der Waals surface area contributed by atoms with E-state index in [2.05, 4.69) is 37.9 Å². The molecular formula is C29H28N6O2S3. The molecule has 2 aromatic heterocycles. The molecule has 0 saturated carbocycles. The monoisotopic (exact) mass is 588 g/mol. The summed E-state index contributed by atoms with van der Waals surface area (Å²) in [5, 5.41) is 15.2. The SMILES string of the molecule is Cc1cccc(C)c1NC(=O)CSc1nc2ccc(NC(=O)CSc3nnc(Cc4ccccc4)n3C)cc2s1. The van der Waals surface area contributed by atoms with E-state index in [1.165, 1.54) is 34.9 Å². The number of hydrogen-bond acceptors (Lipinski definition) is 8. The zero-order valence-electron chi connectivity index (χ0n) is 22.3. The van der Waals surface area contributed by atoms with Crippen LogP contribution in [0.25, 0.3) is 10.2 Å². The van der Waals surface area contributed by atoms with Gasteiger partial charge in [0.15, 0.2) is 9.50 Å². The van der Waals surface area contributed by atoms with Gasteiger partial charge in [-0.2, -0.15) is 0 Å². The van der Waals surface area contributed by atoms with E-state index < -0.39 is 0 Å². The van der Waals surface area contributed by atoms with Gasteiger partial charge in [0.25, 0.3) is 0 Å². The maximum Gasteiger partial charge on any atom is 0.234 e. The van der Waals surface area contributed by atoms with Crippen molar-refractivity contribution in [2.75, 3.05) is 22.1 Å². The molecule has 0 atom stereocenters. The first-order valence-electron chi connectivity index (χ1n) is 12.6. The quantitative estimate of drug-likeness (QED) is 0.190. The van der Waals surface area contributed by atoms with E-state index in [4.69, 9.17) is 0 Å². The van der Waals surface area contributed by atoms with Gasteiger partial charge in [0.05, 0.1) is 21.7 Å². The Morgan fingerprint density at radius 1 is 0.875 bits per heavy atom. The first-order valence-corrected chi connectivity index (χ1v) is 15.4. The molecule has 5 aromatic rings. The van der Waals surface area contributed by atoms with E-state index in [1.54, 1.807) is 0 Å². The lowest BCUT2D eigenvalue weighted by atomic mass is 10.1. The summed E-state index contributed by atoms with van der Waals surface area (Å²) in [6, 6.07) is 21.7. The summed E-state index contributed by atoms with van der Waals surface area (Å²) in [5.74, 6) is 1.14. The Morgan fingerprint density at radius 2 is 1.60 bits per heavy atom. The summed E-state index contributed by atoms with van der Waals surface area (Å²) < 4.78 is 3.68. The molecule has 2 heterocycles. The summed E-state index contributed by atoms with van der Waals surface area (Å²) >= 11 is 4.26. The van der Waals surface area contributed by atoms with Crippen LogP contribution >= 0.6 is 34.9 Å². The second kappa shape index (κ2) is 12.7. The standard InChI is InChI=1S/C29H28N6O2S3/c1-18-8-7-9-19(2)27(18)32-26(37)17-39-29-31-22-13-12-21(15-23(22)40-29)30-25(36)16-38-28-34-33-24(35(28)3)14-20-10-5-4-6-11-20/h4-13,15H,14,16-17H2,1-3H3,(H,30,36)(H,32,37). The zero-order valence-corrected chi connectivity index (χ0v) is 24.8. The minimum absolute atomic E-state index is 0.0674. The van der Waals surface area contributed by atoms with Crippen molar-refractivity contribution in [3.8, 4) is 0 Å². The lowest BCUT2D eigenvalue weighted by Crippen LogP contribution is -2.15. The van der Waals surface area contributed by atoms with E-state index in [0.717, 1.165) is 42.8 Å². The molecule has 0 spiro atoms. The van der Waals surface area contributed by atoms with Crippen LogP contribution in [0, 0.1) is 13.8 Å². The number of nitrogens with one attached hydrogen (secondary N) is 2. The van der Waals surface area contributed by atoms with Crippen molar-refractivity contribution in [1.29, 1.82) is 0 Å². The maximum atomic E-state index is 12.7. The molecule has 0 unspecified atom stereocenters. The second-order valence-electron chi connectivity index (χ2n) is 9.22. The average molecular weight is 589 g/mol. The Morgan fingerprint density at radius 3 is 2.38 bits per heavy atom. The number of thioether (sulfide) groups is 2. The van der Waals surface area contributed by atoms with Crippen molar-refractivity contribution < 1.29 is 9.59 Å². The van der Waals surface area contributed by atoms with Crippen LogP contribution in [0.5, 0.6) is 0 Å². The highest BCUT2D eigenvalue weighted by Gasteiger charge is 2.14. The predicted molar refractivity (Wildman–Crippen MR) is 164 cm³/mol. The number of aromatic nitrogens is 4. The van der Waals surface area contributed by atoms with Crippen molar-refractivity contribution in [3.05, 3.63) is 89.2 Å². The Hall–Kier alpha value is -3.67. The zero-order chi connectivity index (χ0) is 28.1. The number of amides is 2. The first-order chi connectivity index (χ1) is 19.4. The Bertz CT molecular complexity index is 1650. The van der Waals surface area contributed by atoms with Gasteiger partial charge in [-0.05, 0) is 48.7 Å². The number of carbonyl (C=O) groups excluding carboxylic acids is 2. The van der Waals surface area contributed by atoms with Crippen LogP contribution in [0.15, 0.2) is 76.2 Å². The molecule has 11 heteroatoms. The number of carbonyl (C=O) groups is 2. The molecule has 0 fully saturated rings. The molecule has 40 heavy (non-hydrogen) atoms. The molecule has 0 radical (unpaired) electrons. The fourth-order valence-electron chi connectivity index (χ4n) is 4.09. The fourth-order valence-corrected chi connectivity index (χ4v) is 6.73. The summed E-state index contributed by atoms with van der Waals surface area (Å²) in [6.45, 7) is 3.97. The molecule has 204 valence electrons. The minimum Gasteiger partial charge on any atom is -0.325 e. The largest absolute Gasteiger partial charge is 0.325 e. The second-order valence-corrected chi connectivity index (χ2v) is 12.4. The van der Waals surface area contributed by atoms with Crippen molar-refractivity contribution in [2.24, 2.45) is 7.05 Å². The van der Waals surface area contributed by atoms with Crippen molar-refractivity contribution >= 4 is 68.3 Å². The lowest BCUT2D eigenvalue weighted by Gasteiger charge is -2.10. The van der Waals surface area contributed by atoms with Crippen LogP contribution in [0.3, 0.4) is 0 Å². The van der Waals surface area contributed by atoms with E-state index in [-0.39, 0.29) is 23.3 Å². The molecule has 0 aliphatic carbocycles. The van der Waals surface area contributed by atoms with Crippen LogP contribution in [-0.2, 0) is 23.1 Å². The third kappa shape index (κ3) is 6.90. The predicted octanol–water partition coefficient (Wildman–Crippen LogP) is 6.09. The fraction of sp³-hybridized carbons (Fsp3) is 0.207. The Kier molecular flexibility index (Phi) is 8.83. The molecule has 3 aromatic carbocycles. The maximum absolute atomic E-state index is 12.7. The van der Waals surface area contributed by atoms with Crippen molar-refractivity contribution in [3.63, 3.8) is 0 Å². The number of rotatable bonds is 10. The third-order valence-corrected chi connectivity index (χ3v) is 9.37. The molecule has 5 rings (SSSR count). The first kappa shape index (κ1) is 27.9. The van der Waals surface area contributed by atoms with Gasteiger partial charge in [-0.25, -0.2) is 4.98 Å². The minimum atomic E-state index is -0.126. The molecule has 0 aliphatic rings. The lowest BCUT2D eigenvalue weighted by molar-refractivity contribution is -0.114. The average Bonchev–Trinajstić information content (AvgIpc) is 3.51. The van der Waals surface area contributed by atoms with Gasteiger partial charge in [0.1, 0.15) is 5.82 Å². The normalized spacial score (nSPS) is 11.1. The van der Waals surface area contributed by atoms with Crippen LogP contribution < -0.4 is 10.6 Å². The van der Waals surface area contributed by atoms with E-state index in [9.17, 15) is 9.59 Å². The van der Waals surface area contributed by atoms with Crippen LogP contribution in [0.2, 0.25) is 0 Å². The number of fused-ring (bicyclic) bond motifs is 1. The smallest absolute Gasteiger partial charge is 0.234 e. The van der Waals surface area contributed by atoms with Gasteiger partial charge in [-0.15, -0.1) is 21.5 Å². The summed E-state index contributed by atoms with van der Waals surface area (Å²) in [5.41, 5.74) is 5.64. The molecule has 8 nitrogen and oxygen atoms in total. The summed E-state index contributed by atoms with van der Waals surface area (Å²) in [7, 11) is 1.92. The van der Waals surface area contributed by atoms with Gasteiger partial charge < -0.3 is 15.2 Å². The Labute approximate surface area is 245 Å². The highest BCUT2D eigenvalue weighted by Crippen LogP contribution is 2.32. The van der Waals surface area contributed by atoms with Crippen molar-refractivity contribution in [1.82, 2.24) is 19.7 Å². The van der Waals surface area contributed by atoms with Gasteiger partial charge in [0.2, 0.25) is 11.8 Å². The van der Waals surface area contributed by atoms with Gasteiger partial charge in [0, 0.05) is 24.8 Å². The van der Waals surface area contributed by atoms with Gasteiger partial charge in [-0.3, -0.25) is 9.59 Å². The summed E-state index contributed by atoms with van der Waals surface area (Å²) in [4.78, 5) is 29.8. The number of benzene rings is 3. The molecule has 0 saturated heterocycles. The topological polar surface area (TPSA) is 102 Å². The number of para-hydroxylation sites is 1. The highest BCUT2D eigenvalue weighted by molar-refractivity contribution is 8.01. The van der Waals surface area contributed by atoms with E-state index >= 15 is 0 Å². The molecule has 2 amide bonds. The molecule has 2 N–H and O–H groups in total. The molecule has 0 aliphatic heterocycles. The van der Waals surface area contributed by atoms with Gasteiger partial charge >= 0.3 is 0 Å². The van der Waals surface area contributed by atoms with Gasteiger partial charge in [-0.1, -0.05) is 72.1 Å². The molecule has 0 bridgehead atoms. The number of hydrogen-bond donors (Lipinski definition) is 2. The van der Waals surface area contributed by atoms with E-state index in [1.807, 2.05) is 80.1 Å². The number of aryl methyl sites for hydroxylation is 2. The van der Waals surface area contributed by atoms with Crippen LogP contribution in [-0.4, -0.2) is 43.1 Å². The molecular weight excluding hydrogens is 561 g/mol. The summed E-state index contributed by atoms with van der Waals surface area (Å²) in [6.07, 6.45) is 0.684. The third-order valence-electron chi connectivity index (χ3n) is 6.19. The number of nitrogens with zero attached hydrogens (tertiary/aromatic N) is 4.